The number of nitrogens with zero attached hydrogens (tertiary/aromatic N) is 1. The van der Waals surface area contributed by atoms with Crippen LogP contribution < -0.4 is 4.74 Å². The minimum atomic E-state index is 0. The van der Waals surface area contributed by atoms with E-state index in [0.717, 1.165) is 10.9 Å². The number of benzene rings is 1. The first-order valence-electron chi connectivity index (χ1n) is 4.31. The monoisotopic (exact) mass is 204 g/mol. The quantitative estimate of drug-likeness (QED) is 0.672. The molecular weight excluding hydrogens is 193 g/mol. The van der Waals surface area contributed by atoms with Crippen LogP contribution >= 0.6 is 0 Å². The summed E-state index contributed by atoms with van der Waals surface area (Å²) in [6.07, 6.45) is 0. The lowest BCUT2D eigenvalue weighted by atomic mass is 10.2. The van der Waals surface area contributed by atoms with Gasteiger partial charge in [0.05, 0.1) is 12.6 Å². The first-order valence-corrected chi connectivity index (χ1v) is 4.31. The molecule has 1 heterocycles. The summed E-state index contributed by atoms with van der Waals surface area (Å²) in [4.78, 5) is 4.27. The second-order valence-electron chi connectivity index (χ2n) is 2.66. The van der Waals surface area contributed by atoms with Crippen molar-refractivity contribution >= 4 is 18.6 Å². The number of pyridine rings is 1. The number of fused-ring (bicyclic) bond motifs is 1. The summed E-state index contributed by atoms with van der Waals surface area (Å²) < 4.78 is 5.01. The van der Waals surface area contributed by atoms with E-state index in [1.807, 2.05) is 36.4 Å². The first-order chi connectivity index (χ1) is 7.31. The van der Waals surface area contributed by atoms with Gasteiger partial charge in [0, 0.05) is 11.5 Å². The van der Waals surface area contributed by atoms with Gasteiger partial charge in [-0.25, -0.2) is 4.98 Å². The van der Waals surface area contributed by atoms with Crippen LogP contribution in [0.15, 0.2) is 36.4 Å². The number of methoxy groups -OCH3 is 1. The fraction of sp³-hybridized carbons (Fsp3) is 0.100. The first kappa shape index (κ1) is 11.5. The summed E-state index contributed by atoms with van der Waals surface area (Å²) in [5.74, 6) is 0.661. The zero-order valence-corrected chi connectivity index (χ0v) is 8.29. The van der Waals surface area contributed by atoms with Crippen LogP contribution in [0.5, 0.6) is 5.88 Å². The Morgan fingerprint density at radius 2 is 1.80 bits per heavy atom. The van der Waals surface area contributed by atoms with Gasteiger partial charge in [0.15, 0.2) is 0 Å². The molecule has 5 heteroatoms. The average molecular weight is 204 g/mol. The van der Waals surface area contributed by atoms with Crippen molar-refractivity contribution in [3.05, 3.63) is 36.4 Å². The highest BCUT2D eigenvalue weighted by atomic mass is 16.5. The Hall–Kier alpha value is -1.59. The summed E-state index contributed by atoms with van der Waals surface area (Å²) in [5.41, 5.74) is 0.969. The number of para-hydroxylation sites is 1. The third kappa shape index (κ3) is 3.23. The summed E-state index contributed by atoms with van der Waals surface area (Å²) in [5, 5.41) is 15.1. The maximum atomic E-state index is 7.00. The molecule has 0 saturated heterocycles. The Bertz CT molecular complexity index is 422. The molecule has 0 spiro atoms. The highest BCUT2D eigenvalue weighted by Gasteiger charge is 1.94. The molecule has 0 aliphatic carbocycles. The van der Waals surface area contributed by atoms with E-state index in [4.69, 9.17) is 14.8 Å². The van der Waals surface area contributed by atoms with Crippen LogP contribution in [0.2, 0.25) is 0 Å². The van der Waals surface area contributed by atoms with Crippen LogP contribution in [0.3, 0.4) is 0 Å². The van der Waals surface area contributed by atoms with Gasteiger partial charge in [-0.1, -0.05) is 18.2 Å². The smallest absolute Gasteiger partial charge is 0.481 e. The zero-order chi connectivity index (χ0) is 11.1. The Morgan fingerprint density at radius 1 is 1.13 bits per heavy atom. The van der Waals surface area contributed by atoms with Crippen LogP contribution in [-0.4, -0.2) is 29.8 Å². The molecule has 0 saturated carbocycles. The fourth-order valence-electron chi connectivity index (χ4n) is 1.16. The van der Waals surface area contributed by atoms with Crippen molar-refractivity contribution in [2.45, 2.75) is 0 Å². The van der Waals surface area contributed by atoms with Gasteiger partial charge in [-0.05, 0) is 12.1 Å². The van der Waals surface area contributed by atoms with Crippen LogP contribution in [0, 0.1) is 0 Å². The Morgan fingerprint density at radius 3 is 2.47 bits per heavy atom. The standard InChI is InChI=1S/C10H9NO.BH2O2/c1-12-10-7-6-8-4-2-3-5-9(8)11-10;2-1-3/h2-7H,1H3;2-3H. The van der Waals surface area contributed by atoms with Crippen LogP contribution in [0.25, 0.3) is 10.9 Å². The van der Waals surface area contributed by atoms with E-state index >= 15 is 0 Å². The summed E-state index contributed by atoms with van der Waals surface area (Å²) in [6.45, 7) is 0. The van der Waals surface area contributed by atoms with Crippen molar-refractivity contribution in [2.24, 2.45) is 0 Å². The van der Waals surface area contributed by atoms with Crippen molar-refractivity contribution in [3.63, 3.8) is 0 Å². The van der Waals surface area contributed by atoms with Gasteiger partial charge in [0.1, 0.15) is 0 Å². The van der Waals surface area contributed by atoms with Gasteiger partial charge >= 0.3 is 7.69 Å². The van der Waals surface area contributed by atoms with Crippen molar-refractivity contribution < 1.29 is 14.8 Å². The van der Waals surface area contributed by atoms with E-state index in [1.54, 1.807) is 7.11 Å². The largest absolute Gasteiger partial charge is 0.482 e. The molecule has 4 nitrogen and oxygen atoms in total. The molecule has 0 amide bonds. The predicted octanol–water partition coefficient (Wildman–Crippen LogP) is 0.749. The van der Waals surface area contributed by atoms with Crippen LogP contribution in [0.4, 0.5) is 0 Å². The molecule has 2 N–H and O–H groups in total. The Kier molecular flexibility index (Phi) is 4.60. The number of hydrogen-bond acceptors (Lipinski definition) is 4. The van der Waals surface area contributed by atoms with Crippen molar-refractivity contribution in [1.82, 2.24) is 4.98 Å². The number of rotatable bonds is 1. The normalized spacial score (nSPS) is 9.00. The topological polar surface area (TPSA) is 62.6 Å². The lowest BCUT2D eigenvalue weighted by Crippen LogP contribution is -1.86. The van der Waals surface area contributed by atoms with E-state index in [1.165, 1.54) is 0 Å². The maximum Gasteiger partial charge on any atom is 0.482 e. The molecule has 77 valence electrons. The number of hydrogen-bond donors (Lipinski definition) is 2. The highest BCUT2D eigenvalue weighted by molar-refractivity contribution is 6.13. The predicted molar refractivity (Wildman–Crippen MR) is 58.5 cm³/mol. The van der Waals surface area contributed by atoms with E-state index in [-0.39, 0.29) is 7.69 Å². The fourth-order valence-corrected chi connectivity index (χ4v) is 1.16. The van der Waals surface area contributed by atoms with Crippen molar-refractivity contribution in [1.29, 1.82) is 0 Å². The molecule has 1 aromatic heterocycles. The molecule has 1 radical (unpaired) electrons. The molecule has 15 heavy (non-hydrogen) atoms. The van der Waals surface area contributed by atoms with Gasteiger partial charge < -0.3 is 14.8 Å². The zero-order valence-electron chi connectivity index (χ0n) is 8.29. The van der Waals surface area contributed by atoms with E-state index in [9.17, 15) is 0 Å². The molecular formula is C10H11BNO3. The molecule has 2 aromatic rings. The van der Waals surface area contributed by atoms with Crippen molar-refractivity contribution in [2.75, 3.05) is 7.11 Å². The molecule has 0 atom stereocenters. The Labute approximate surface area is 88.5 Å². The van der Waals surface area contributed by atoms with Crippen LogP contribution in [0.1, 0.15) is 0 Å². The summed E-state index contributed by atoms with van der Waals surface area (Å²) in [6, 6.07) is 11.8. The van der Waals surface area contributed by atoms with E-state index < -0.39 is 0 Å². The van der Waals surface area contributed by atoms with E-state index in [2.05, 4.69) is 4.98 Å². The molecule has 1 aromatic carbocycles. The minimum absolute atomic E-state index is 0. The van der Waals surface area contributed by atoms with Gasteiger partial charge in [0.2, 0.25) is 5.88 Å². The molecule has 0 unspecified atom stereocenters. The molecule has 0 bridgehead atoms. The third-order valence-electron chi connectivity index (χ3n) is 1.78. The number of ether oxygens (including phenoxy) is 1. The molecule has 0 fully saturated rings. The highest BCUT2D eigenvalue weighted by Crippen LogP contribution is 2.15. The molecule has 2 rings (SSSR count). The lowest BCUT2D eigenvalue weighted by molar-refractivity contribution is 0.399. The number of aromatic nitrogens is 1. The van der Waals surface area contributed by atoms with Crippen LogP contribution in [-0.2, 0) is 0 Å². The second kappa shape index (κ2) is 6.00. The van der Waals surface area contributed by atoms with Crippen molar-refractivity contribution in [3.8, 4) is 5.88 Å². The van der Waals surface area contributed by atoms with Gasteiger partial charge in [-0.3, -0.25) is 0 Å². The molecule has 0 aliphatic rings. The summed E-state index contributed by atoms with van der Waals surface area (Å²) in [7, 11) is 1.62. The van der Waals surface area contributed by atoms with E-state index in [0.29, 0.717) is 5.88 Å². The SMILES string of the molecule is COc1ccc2ccccc2n1.O[B]O. The summed E-state index contributed by atoms with van der Waals surface area (Å²) >= 11 is 0. The average Bonchev–Trinajstić information content (AvgIpc) is 2.29. The van der Waals surface area contributed by atoms with Gasteiger partial charge in [0.25, 0.3) is 0 Å². The Balaban J connectivity index is 0.000000337. The third-order valence-corrected chi connectivity index (χ3v) is 1.78. The minimum Gasteiger partial charge on any atom is -0.481 e. The lowest BCUT2D eigenvalue weighted by Gasteiger charge is -1.99. The second-order valence-corrected chi connectivity index (χ2v) is 2.66. The maximum absolute atomic E-state index is 7.00. The molecule has 0 aliphatic heterocycles. The van der Waals surface area contributed by atoms with Gasteiger partial charge in [-0.2, -0.15) is 0 Å². The van der Waals surface area contributed by atoms with Gasteiger partial charge in [-0.15, -0.1) is 0 Å².